The lowest BCUT2D eigenvalue weighted by atomic mass is 9.77. The quantitative estimate of drug-likeness (QED) is 0.849. The maximum Gasteiger partial charge on any atom is 0.492 e. The summed E-state index contributed by atoms with van der Waals surface area (Å²) in [6.45, 7) is 9.32. The van der Waals surface area contributed by atoms with Gasteiger partial charge in [-0.3, -0.25) is 4.79 Å². The van der Waals surface area contributed by atoms with E-state index in [1.165, 1.54) is 0 Å². The Morgan fingerprint density at radius 3 is 2.26 bits per heavy atom. The first-order valence-corrected chi connectivity index (χ1v) is 7.90. The van der Waals surface area contributed by atoms with Crippen LogP contribution >= 0.6 is 0 Å². The Morgan fingerprint density at radius 2 is 1.74 bits per heavy atom. The lowest BCUT2D eigenvalue weighted by Gasteiger charge is -2.32. The van der Waals surface area contributed by atoms with E-state index in [0.29, 0.717) is 11.9 Å². The first-order chi connectivity index (χ1) is 10.7. The third-order valence-electron chi connectivity index (χ3n) is 4.57. The number of hydrogen-bond donors (Lipinski definition) is 1. The van der Waals surface area contributed by atoms with Crippen LogP contribution in [0.5, 0.6) is 0 Å². The summed E-state index contributed by atoms with van der Waals surface area (Å²) < 4.78 is 12.0. The Labute approximate surface area is 138 Å². The lowest BCUT2D eigenvalue weighted by molar-refractivity contribution is -0.116. The minimum absolute atomic E-state index is 0.104. The van der Waals surface area contributed by atoms with E-state index >= 15 is 0 Å². The molecule has 2 rings (SSSR count). The van der Waals surface area contributed by atoms with Crippen molar-refractivity contribution in [2.24, 2.45) is 0 Å². The lowest BCUT2D eigenvalue weighted by Crippen LogP contribution is -2.41. The zero-order chi connectivity index (χ0) is 17.3. The normalized spacial score (nSPS) is 19.9. The third-order valence-corrected chi connectivity index (χ3v) is 4.57. The van der Waals surface area contributed by atoms with Gasteiger partial charge in [0, 0.05) is 6.42 Å². The molecule has 0 bridgehead atoms. The minimum Gasteiger partial charge on any atom is -0.400 e. The average molecular weight is 316 g/mol. The summed E-state index contributed by atoms with van der Waals surface area (Å²) >= 11 is 0. The Hall–Kier alpha value is -1.43. The molecular weight excluding hydrogens is 291 g/mol. The van der Waals surface area contributed by atoms with Gasteiger partial charge in [-0.2, -0.15) is 0 Å². The molecule has 0 amide bonds. The zero-order valence-electron chi connectivity index (χ0n) is 14.6. The van der Waals surface area contributed by atoms with Crippen molar-refractivity contribution in [3.8, 4) is 0 Å². The Bertz CT molecular complexity index is 603. The van der Waals surface area contributed by atoms with Gasteiger partial charge in [-0.1, -0.05) is 30.3 Å². The van der Waals surface area contributed by atoms with Crippen molar-refractivity contribution in [2.75, 3.05) is 6.61 Å². The molecule has 0 spiro atoms. The number of Topliss-reactive ketones (excluding diaryl/α,β-unsaturated/α-hetero) is 1. The fourth-order valence-corrected chi connectivity index (χ4v) is 2.49. The standard InChI is InChI=1S/C18H25BO4/c1-13(21)10-14-8-6-7-9-15(14)11-16(12-20)19-22-17(2,3)18(4,5)23-19/h6-9,11,20H,10,12H2,1-5H3. The number of carbonyl (C=O) groups excluding carboxylic acids is 1. The van der Waals surface area contributed by atoms with Crippen LogP contribution < -0.4 is 0 Å². The molecule has 0 atom stereocenters. The summed E-state index contributed by atoms with van der Waals surface area (Å²) in [4.78, 5) is 11.4. The first-order valence-electron chi connectivity index (χ1n) is 7.90. The van der Waals surface area contributed by atoms with E-state index in [1.807, 2.05) is 58.0 Å². The summed E-state index contributed by atoms with van der Waals surface area (Å²) in [5.41, 5.74) is 1.58. The average Bonchev–Trinajstić information content (AvgIpc) is 2.65. The number of benzene rings is 1. The first kappa shape index (κ1) is 17.9. The van der Waals surface area contributed by atoms with E-state index < -0.39 is 18.3 Å². The van der Waals surface area contributed by atoms with Crippen molar-refractivity contribution in [3.05, 3.63) is 40.9 Å². The van der Waals surface area contributed by atoms with Crippen LogP contribution in [-0.2, 0) is 20.5 Å². The molecule has 1 N–H and O–H groups in total. The van der Waals surface area contributed by atoms with Crippen molar-refractivity contribution >= 4 is 19.0 Å². The molecule has 1 heterocycles. The van der Waals surface area contributed by atoms with Gasteiger partial charge in [0.1, 0.15) is 5.78 Å². The topological polar surface area (TPSA) is 55.8 Å². The van der Waals surface area contributed by atoms with Gasteiger partial charge in [-0.25, -0.2) is 0 Å². The number of rotatable bonds is 5. The van der Waals surface area contributed by atoms with Gasteiger partial charge in [0.25, 0.3) is 0 Å². The Balaban J connectivity index is 2.32. The zero-order valence-corrected chi connectivity index (χ0v) is 14.6. The summed E-state index contributed by atoms with van der Waals surface area (Å²) in [6.07, 6.45) is 2.23. The molecule has 1 aromatic rings. The van der Waals surface area contributed by atoms with Crippen LogP contribution in [0.2, 0.25) is 0 Å². The maximum atomic E-state index is 11.4. The summed E-state index contributed by atoms with van der Waals surface area (Å²) in [6, 6.07) is 7.67. The number of hydrogen-bond acceptors (Lipinski definition) is 4. The van der Waals surface area contributed by atoms with Crippen LogP contribution in [0.4, 0.5) is 0 Å². The molecule has 1 aliphatic heterocycles. The minimum atomic E-state index is -0.588. The largest absolute Gasteiger partial charge is 0.492 e. The van der Waals surface area contributed by atoms with Gasteiger partial charge in [0.15, 0.2) is 0 Å². The molecule has 0 aromatic heterocycles. The number of aliphatic hydroxyl groups excluding tert-OH is 1. The molecule has 0 radical (unpaired) electrons. The fraction of sp³-hybridized carbons (Fsp3) is 0.500. The molecule has 0 saturated carbocycles. The molecule has 4 nitrogen and oxygen atoms in total. The molecule has 1 saturated heterocycles. The summed E-state index contributed by atoms with van der Waals surface area (Å²) in [5.74, 6) is 0.104. The molecule has 124 valence electrons. The molecule has 0 unspecified atom stereocenters. The highest BCUT2D eigenvalue weighted by Crippen LogP contribution is 2.38. The predicted octanol–water partition coefficient (Wildman–Crippen LogP) is 2.83. The van der Waals surface area contributed by atoms with Gasteiger partial charge < -0.3 is 14.4 Å². The number of ketones is 1. The number of aliphatic hydroxyl groups is 1. The molecule has 23 heavy (non-hydrogen) atoms. The molecule has 1 aliphatic rings. The highest BCUT2D eigenvalue weighted by molar-refractivity contribution is 6.55. The van der Waals surface area contributed by atoms with Gasteiger partial charge in [0.05, 0.1) is 17.8 Å². The van der Waals surface area contributed by atoms with Crippen LogP contribution in [0.3, 0.4) is 0 Å². The van der Waals surface area contributed by atoms with Crippen molar-refractivity contribution in [1.82, 2.24) is 0 Å². The maximum absolute atomic E-state index is 11.4. The van der Waals surface area contributed by atoms with Crippen molar-refractivity contribution < 1.29 is 19.2 Å². The second kappa shape index (κ2) is 6.60. The van der Waals surface area contributed by atoms with E-state index in [9.17, 15) is 9.90 Å². The highest BCUT2D eigenvalue weighted by atomic mass is 16.7. The fourth-order valence-electron chi connectivity index (χ4n) is 2.49. The second-order valence-electron chi connectivity index (χ2n) is 7.04. The predicted molar refractivity (Wildman–Crippen MR) is 92.0 cm³/mol. The second-order valence-corrected chi connectivity index (χ2v) is 7.04. The smallest absolute Gasteiger partial charge is 0.400 e. The van der Waals surface area contributed by atoms with Crippen LogP contribution in [0.15, 0.2) is 29.7 Å². The Morgan fingerprint density at radius 1 is 1.17 bits per heavy atom. The van der Waals surface area contributed by atoms with E-state index in [-0.39, 0.29) is 12.4 Å². The molecule has 0 aliphatic carbocycles. The van der Waals surface area contributed by atoms with Crippen LogP contribution in [0.1, 0.15) is 45.7 Å². The SMILES string of the molecule is CC(=O)Cc1ccccc1C=C(CO)B1OC(C)(C)C(C)(C)O1. The van der Waals surface area contributed by atoms with E-state index in [1.54, 1.807) is 6.92 Å². The van der Waals surface area contributed by atoms with Crippen LogP contribution in [0, 0.1) is 0 Å². The van der Waals surface area contributed by atoms with Gasteiger partial charge in [0.2, 0.25) is 0 Å². The molecule has 1 aromatic carbocycles. The van der Waals surface area contributed by atoms with Crippen molar-refractivity contribution in [2.45, 2.75) is 52.2 Å². The van der Waals surface area contributed by atoms with E-state index in [2.05, 4.69) is 0 Å². The molecule has 5 heteroatoms. The van der Waals surface area contributed by atoms with Crippen molar-refractivity contribution in [3.63, 3.8) is 0 Å². The van der Waals surface area contributed by atoms with Gasteiger partial charge in [-0.15, -0.1) is 0 Å². The van der Waals surface area contributed by atoms with Gasteiger partial charge in [-0.05, 0) is 51.2 Å². The molecular formula is C18H25BO4. The Kier molecular flexibility index (Phi) is 5.14. The number of carbonyl (C=O) groups is 1. The van der Waals surface area contributed by atoms with Gasteiger partial charge >= 0.3 is 7.12 Å². The molecule has 1 fully saturated rings. The highest BCUT2D eigenvalue weighted by Gasteiger charge is 2.52. The monoisotopic (exact) mass is 316 g/mol. The van der Waals surface area contributed by atoms with E-state index in [0.717, 1.165) is 11.1 Å². The van der Waals surface area contributed by atoms with E-state index in [4.69, 9.17) is 9.31 Å². The van der Waals surface area contributed by atoms with Crippen LogP contribution in [0.25, 0.3) is 6.08 Å². The summed E-state index contributed by atoms with van der Waals surface area (Å²) in [5, 5.41) is 9.77. The third kappa shape index (κ3) is 3.92. The van der Waals surface area contributed by atoms with Crippen LogP contribution in [-0.4, -0.2) is 35.8 Å². The van der Waals surface area contributed by atoms with Crippen molar-refractivity contribution in [1.29, 1.82) is 0 Å². The summed E-state index contributed by atoms with van der Waals surface area (Å²) in [7, 11) is -0.588.